The summed E-state index contributed by atoms with van der Waals surface area (Å²) in [7, 11) is 0. The number of carbonyl (C=O) groups excluding carboxylic acids is 1. The fourth-order valence-corrected chi connectivity index (χ4v) is 2.05. The van der Waals surface area contributed by atoms with Crippen molar-refractivity contribution in [1.29, 1.82) is 0 Å². The third-order valence-corrected chi connectivity index (χ3v) is 2.95. The third-order valence-electron chi connectivity index (χ3n) is 2.31. The van der Waals surface area contributed by atoms with Gasteiger partial charge in [0, 0.05) is 17.2 Å². The molecule has 2 heterocycles. The van der Waals surface area contributed by atoms with Crippen molar-refractivity contribution in [1.82, 2.24) is 14.8 Å². The first kappa shape index (κ1) is 13.0. The zero-order chi connectivity index (χ0) is 13.1. The quantitative estimate of drug-likeness (QED) is 0.942. The number of hydrogen-bond donors (Lipinski definition) is 1. The molecule has 0 aliphatic carbocycles. The highest BCUT2D eigenvalue weighted by molar-refractivity contribution is 9.10. The van der Waals surface area contributed by atoms with E-state index in [9.17, 15) is 4.79 Å². The predicted molar refractivity (Wildman–Crippen MR) is 72.8 cm³/mol. The molecule has 2 aromatic rings. The van der Waals surface area contributed by atoms with Gasteiger partial charge >= 0.3 is 0 Å². The van der Waals surface area contributed by atoms with Crippen molar-refractivity contribution < 1.29 is 4.79 Å². The van der Waals surface area contributed by atoms with E-state index >= 15 is 0 Å². The lowest BCUT2D eigenvalue weighted by Gasteiger charge is -2.06. The number of amides is 1. The number of aryl methyl sites for hydroxylation is 1. The standard InChI is InChI=1S/C11H10BrClN4O/c1-2-17-6-7(12)5-8(17)11(18)14-10-4-3-9(13)15-16-10/h3-6H,2H2,1H3,(H,14,16,18). The molecular formula is C11H10BrClN4O. The number of aromatic nitrogens is 3. The van der Waals surface area contributed by atoms with E-state index in [2.05, 4.69) is 31.4 Å². The fraction of sp³-hybridized carbons (Fsp3) is 0.182. The van der Waals surface area contributed by atoms with Gasteiger partial charge in [-0.1, -0.05) is 11.6 Å². The number of carbonyl (C=O) groups is 1. The van der Waals surface area contributed by atoms with Gasteiger partial charge in [0.25, 0.3) is 5.91 Å². The number of nitrogens with one attached hydrogen (secondary N) is 1. The molecule has 18 heavy (non-hydrogen) atoms. The lowest BCUT2D eigenvalue weighted by atomic mass is 10.4. The molecule has 0 fully saturated rings. The zero-order valence-corrected chi connectivity index (χ0v) is 11.9. The summed E-state index contributed by atoms with van der Waals surface area (Å²) in [6, 6.07) is 4.92. The van der Waals surface area contributed by atoms with Gasteiger partial charge in [-0.15, -0.1) is 10.2 Å². The number of halogens is 2. The Morgan fingerprint density at radius 1 is 1.50 bits per heavy atom. The van der Waals surface area contributed by atoms with E-state index in [0.717, 1.165) is 4.47 Å². The molecular weight excluding hydrogens is 320 g/mol. The van der Waals surface area contributed by atoms with Crippen molar-refractivity contribution in [2.24, 2.45) is 0 Å². The maximum atomic E-state index is 12.0. The number of rotatable bonds is 3. The molecule has 0 bridgehead atoms. The number of hydrogen-bond acceptors (Lipinski definition) is 3. The second-order valence-corrected chi connectivity index (χ2v) is 4.83. The van der Waals surface area contributed by atoms with E-state index in [0.29, 0.717) is 18.1 Å². The molecule has 0 aromatic carbocycles. The van der Waals surface area contributed by atoms with Crippen molar-refractivity contribution in [3.63, 3.8) is 0 Å². The summed E-state index contributed by atoms with van der Waals surface area (Å²) >= 11 is 8.96. The van der Waals surface area contributed by atoms with Crippen LogP contribution in [0.1, 0.15) is 17.4 Å². The molecule has 0 unspecified atom stereocenters. The van der Waals surface area contributed by atoms with Crippen LogP contribution in [0.2, 0.25) is 5.15 Å². The van der Waals surface area contributed by atoms with Gasteiger partial charge in [0.15, 0.2) is 11.0 Å². The first-order valence-corrected chi connectivity index (χ1v) is 6.43. The first-order chi connectivity index (χ1) is 8.60. The van der Waals surface area contributed by atoms with Gasteiger partial charge in [0.1, 0.15) is 5.69 Å². The Labute approximate surface area is 117 Å². The fourth-order valence-electron chi connectivity index (χ4n) is 1.49. The molecule has 1 N–H and O–H groups in total. The van der Waals surface area contributed by atoms with Crippen LogP contribution in [0.15, 0.2) is 28.9 Å². The monoisotopic (exact) mass is 328 g/mol. The Kier molecular flexibility index (Phi) is 3.98. The second kappa shape index (κ2) is 5.49. The van der Waals surface area contributed by atoms with E-state index in [4.69, 9.17) is 11.6 Å². The summed E-state index contributed by atoms with van der Waals surface area (Å²) in [5, 5.41) is 10.4. The van der Waals surface area contributed by atoms with Crippen LogP contribution in [-0.2, 0) is 6.54 Å². The highest BCUT2D eigenvalue weighted by atomic mass is 79.9. The van der Waals surface area contributed by atoms with Gasteiger partial charge in [0.05, 0.1) is 0 Å². The highest BCUT2D eigenvalue weighted by Gasteiger charge is 2.13. The lowest BCUT2D eigenvalue weighted by molar-refractivity contribution is 0.101. The summed E-state index contributed by atoms with van der Waals surface area (Å²) in [6.45, 7) is 2.67. The molecule has 0 atom stereocenters. The predicted octanol–water partition coefficient (Wildman–Crippen LogP) is 2.97. The Hall–Kier alpha value is -1.40. The van der Waals surface area contributed by atoms with Crippen LogP contribution in [0, 0.1) is 0 Å². The van der Waals surface area contributed by atoms with Crippen LogP contribution in [-0.4, -0.2) is 20.7 Å². The molecule has 1 amide bonds. The van der Waals surface area contributed by atoms with Crippen molar-refractivity contribution in [3.05, 3.63) is 39.7 Å². The van der Waals surface area contributed by atoms with Gasteiger partial charge in [0.2, 0.25) is 0 Å². The smallest absolute Gasteiger partial charge is 0.273 e. The molecule has 2 rings (SSSR count). The summed E-state index contributed by atoms with van der Waals surface area (Å²) in [5.41, 5.74) is 0.557. The molecule has 94 valence electrons. The Morgan fingerprint density at radius 3 is 2.89 bits per heavy atom. The van der Waals surface area contributed by atoms with Crippen molar-refractivity contribution >= 4 is 39.3 Å². The molecule has 2 aromatic heterocycles. The van der Waals surface area contributed by atoms with Crippen LogP contribution < -0.4 is 5.32 Å². The maximum absolute atomic E-state index is 12.0. The lowest BCUT2D eigenvalue weighted by Crippen LogP contribution is -2.17. The van der Waals surface area contributed by atoms with Gasteiger partial charge in [-0.3, -0.25) is 4.79 Å². The summed E-state index contributed by atoms with van der Waals surface area (Å²) in [5.74, 6) is 0.128. The van der Waals surface area contributed by atoms with E-state index in [1.165, 1.54) is 0 Å². The average Bonchev–Trinajstić information content (AvgIpc) is 2.73. The Morgan fingerprint density at radius 2 is 2.28 bits per heavy atom. The summed E-state index contributed by atoms with van der Waals surface area (Å²) in [6.07, 6.45) is 1.85. The van der Waals surface area contributed by atoms with Crippen LogP contribution in [0.3, 0.4) is 0 Å². The minimum absolute atomic E-state index is 0.237. The van der Waals surface area contributed by atoms with E-state index in [-0.39, 0.29) is 11.1 Å². The molecule has 0 saturated carbocycles. The van der Waals surface area contributed by atoms with Gasteiger partial charge < -0.3 is 9.88 Å². The van der Waals surface area contributed by atoms with Gasteiger partial charge in [-0.25, -0.2) is 0 Å². The normalized spacial score (nSPS) is 10.4. The largest absolute Gasteiger partial charge is 0.343 e. The van der Waals surface area contributed by atoms with E-state index in [1.54, 1.807) is 18.2 Å². The molecule has 5 nitrogen and oxygen atoms in total. The van der Waals surface area contributed by atoms with Crippen LogP contribution in [0.4, 0.5) is 5.82 Å². The van der Waals surface area contributed by atoms with Crippen molar-refractivity contribution in [2.75, 3.05) is 5.32 Å². The van der Waals surface area contributed by atoms with Crippen LogP contribution in [0.5, 0.6) is 0 Å². The minimum atomic E-state index is -0.237. The molecule has 0 aliphatic rings. The van der Waals surface area contributed by atoms with E-state index < -0.39 is 0 Å². The zero-order valence-electron chi connectivity index (χ0n) is 9.52. The van der Waals surface area contributed by atoms with Crippen molar-refractivity contribution in [2.45, 2.75) is 13.5 Å². The number of nitrogens with zero attached hydrogens (tertiary/aromatic N) is 3. The Balaban J connectivity index is 2.19. The number of anilines is 1. The maximum Gasteiger partial charge on any atom is 0.273 e. The summed E-state index contributed by atoms with van der Waals surface area (Å²) < 4.78 is 2.69. The molecule has 0 aliphatic heterocycles. The summed E-state index contributed by atoms with van der Waals surface area (Å²) in [4.78, 5) is 12.0. The van der Waals surface area contributed by atoms with E-state index in [1.807, 2.05) is 17.7 Å². The van der Waals surface area contributed by atoms with Gasteiger partial charge in [-0.05, 0) is 41.1 Å². The third kappa shape index (κ3) is 2.88. The average molecular weight is 330 g/mol. The SMILES string of the molecule is CCn1cc(Br)cc1C(=O)Nc1ccc(Cl)nn1. The van der Waals surface area contributed by atoms with Crippen LogP contribution in [0.25, 0.3) is 0 Å². The van der Waals surface area contributed by atoms with Crippen LogP contribution >= 0.6 is 27.5 Å². The van der Waals surface area contributed by atoms with Gasteiger partial charge in [-0.2, -0.15) is 0 Å². The topological polar surface area (TPSA) is 59.8 Å². The first-order valence-electron chi connectivity index (χ1n) is 5.26. The molecule has 0 radical (unpaired) electrons. The molecule has 7 heteroatoms. The minimum Gasteiger partial charge on any atom is -0.343 e. The second-order valence-electron chi connectivity index (χ2n) is 3.52. The van der Waals surface area contributed by atoms with Crippen molar-refractivity contribution in [3.8, 4) is 0 Å². The highest BCUT2D eigenvalue weighted by Crippen LogP contribution is 2.16. The Bertz CT molecular complexity index is 567. The molecule has 0 saturated heterocycles. The molecule has 0 spiro atoms.